The second-order valence-electron chi connectivity index (χ2n) is 8.47. The molecule has 0 aromatic heterocycles. The standard InChI is InChI=1S/C26H23F5N4O2S/c1-37-24-22(30)20(28)19(21(29)23(24)31)25(36)33-26(38)32-16-6-8-17(9-7-16)35-12-10-34(11-13-35)14-15-4-2-3-5-18(15)27/h2-9H,10-14H2,1H3,(H2,32,33,36,38). The van der Waals surface area contributed by atoms with Crippen molar-refractivity contribution in [3.8, 4) is 5.75 Å². The zero-order valence-electron chi connectivity index (χ0n) is 20.2. The summed E-state index contributed by atoms with van der Waals surface area (Å²) in [5, 5.41) is 4.36. The van der Waals surface area contributed by atoms with Crippen molar-refractivity contribution in [2.24, 2.45) is 0 Å². The zero-order chi connectivity index (χ0) is 27.4. The number of halogens is 5. The van der Waals surface area contributed by atoms with Crippen molar-refractivity contribution in [2.75, 3.05) is 43.5 Å². The van der Waals surface area contributed by atoms with E-state index < -0.39 is 40.5 Å². The lowest BCUT2D eigenvalue weighted by atomic mass is 10.1. The molecule has 0 unspecified atom stereocenters. The lowest BCUT2D eigenvalue weighted by molar-refractivity contribution is 0.0966. The van der Waals surface area contributed by atoms with Gasteiger partial charge in [0.05, 0.1) is 7.11 Å². The van der Waals surface area contributed by atoms with Crippen molar-refractivity contribution in [3.63, 3.8) is 0 Å². The van der Waals surface area contributed by atoms with Crippen LogP contribution in [0.3, 0.4) is 0 Å². The average molecular weight is 551 g/mol. The minimum absolute atomic E-state index is 0.217. The summed E-state index contributed by atoms with van der Waals surface area (Å²) in [5.41, 5.74) is 0.594. The Kier molecular flexibility index (Phi) is 8.42. The van der Waals surface area contributed by atoms with Crippen LogP contribution < -0.4 is 20.3 Å². The third kappa shape index (κ3) is 5.86. The Morgan fingerprint density at radius 2 is 1.50 bits per heavy atom. The molecule has 3 aromatic carbocycles. The van der Waals surface area contributed by atoms with Gasteiger partial charge in [-0.25, -0.2) is 13.2 Å². The molecule has 0 aliphatic carbocycles. The van der Waals surface area contributed by atoms with Gasteiger partial charge in [-0.2, -0.15) is 8.78 Å². The van der Waals surface area contributed by atoms with Gasteiger partial charge in [0.25, 0.3) is 5.91 Å². The summed E-state index contributed by atoms with van der Waals surface area (Å²) in [4.78, 5) is 16.6. The molecule has 4 rings (SSSR count). The molecule has 38 heavy (non-hydrogen) atoms. The Labute approximate surface area is 221 Å². The van der Waals surface area contributed by atoms with E-state index in [1.54, 1.807) is 24.3 Å². The summed E-state index contributed by atoms with van der Waals surface area (Å²) in [6.07, 6.45) is 0. The third-order valence-electron chi connectivity index (χ3n) is 6.10. The van der Waals surface area contributed by atoms with E-state index in [0.29, 0.717) is 17.8 Å². The third-order valence-corrected chi connectivity index (χ3v) is 6.30. The molecule has 1 heterocycles. The summed E-state index contributed by atoms with van der Waals surface area (Å²) in [5.74, 6) is -10.4. The molecule has 3 aromatic rings. The molecule has 1 saturated heterocycles. The smallest absolute Gasteiger partial charge is 0.263 e. The Balaban J connectivity index is 1.32. The van der Waals surface area contributed by atoms with E-state index in [9.17, 15) is 26.7 Å². The van der Waals surface area contributed by atoms with E-state index >= 15 is 0 Å². The van der Waals surface area contributed by atoms with Crippen LogP contribution in [0.25, 0.3) is 0 Å². The summed E-state index contributed by atoms with van der Waals surface area (Å²) in [6, 6.07) is 13.7. The molecular formula is C26H23F5N4O2S. The maximum absolute atomic E-state index is 14.2. The van der Waals surface area contributed by atoms with Crippen LogP contribution in [0.4, 0.5) is 33.3 Å². The minimum atomic E-state index is -1.90. The van der Waals surface area contributed by atoms with Crippen LogP contribution >= 0.6 is 12.2 Å². The molecule has 0 atom stereocenters. The van der Waals surface area contributed by atoms with E-state index in [1.807, 2.05) is 23.5 Å². The highest BCUT2D eigenvalue weighted by atomic mass is 32.1. The average Bonchev–Trinajstić information content (AvgIpc) is 2.90. The number of hydrogen-bond acceptors (Lipinski definition) is 5. The van der Waals surface area contributed by atoms with Gasteiger partial charge in [0, 0.05) is 49.7 Å². The molecule has 1 aliphatic rings. The Morgan fingerprint density at radius 3 is 2.08 bits per heavy atom. The van der Waals surface area contributed by atoms with Gasteiger partial charge >= 0.3 is 0 Å². The van der Waals surface area contributed by atoms with Crippen molar-refractivity contribution in [2.45, 2.75) is 6.54 Å². The minimum Gasteiger partial charge on any atom is -0.491 e. The van der Waals surface area contributed by atoms with Crippen LogP contribution in [-0.2, 0) is 6.54 Å². The van der Waals surface area contributed by atoms with E-state index in [2.05, 4.69) is 19.9 Å². The predicted molar refractivity (Wildman–Crippen MR) is 137 cm³/mol. The fourth-order valence-electron chi connectivity index (χ4n) is 4.11. The Bertz CT molecular complexity index is 1320. The Morgan fingerprint density at radius 1 is 0.895 bits per heavy atom. The molecule has 1 fully saturated rings. The molecule has 2 N–H and O–H groups in total. The second-order valence-corrected chi connectivity index (χ2v) is 8.88. The summed E-state index contributed by atoms with van der Waals surface area (Å²) in [6.45, 7) is 3.52. The molecule has 0 radical (unpaired) electrons. The number of benzene rings is 3. The largest absolute Gasteiger partial charge is 0.491 e. The first-order chi connectivity index (χ1) is 18.2. The highest BCUT2D eigenvalue weighted by Crippen LogP contribution is 2.29. The van der Waals surface area contributed by atoms with Crippen LogP contribution in [0, 0.1) is 29.1 Å². The lowest BCUT2D eigenvalue weighted by Gasteiger charge is -2.36. The zero-order valence-corrected chi connectivity index (χ0v) is 21.0. The van der Waals surface area contributed by atoms with E-state index in [0.717, 1.165) is 39.0 Å². The van der Waals surface area contributed by atoms with Gasteiger partial charge < -0.3 is 15.0 Å². The van der Waals surface area contributed by atoms with Crippen molar-refractivity contribution < 1.29 is 31.5 Å². The number of carbonyl (C=O) groups is 1. The van der Waals surface area contributed by atoms with E-state index in [-0.39, 0.29) is 10.9 Å². The summed E-state index contributed by atoms with van der Waals surface area (Å²) >= 11 is 5.00. The summed E-state index contributed by atoms with van der Waals surface area (Å²) < 4.78 is 74.4. The second kappa shape index (κ2) is 11.7. The fraction of sp³-hybridized carbons (Fsp3) is 0.231. The monoisotopic (exact) mass is 550 g/mol. The first-order valence-electron chi connectivity index (χ1n) is 11.5. The maximum Gasteiger partial charge on any atom is 0.263 e. The quantitative estimate of drug-likeness (QED) is 0.260. The number of hydrogen-bond donors (Lipinski definition) is 2. The molecule has 0 bridgehead atoms. The molecule has 200 valence electrons. The van der Waals surface area contributed by atoms with Crippen LogP contribution in [0.5, 0.6) is 5.75 Å². The number of piperazine rings is 1. The highest BCUT2D eigenvalue weighted by molar-refractivity contribution is 7.80. The van der Waals surface area contributed by atoms with E-state index in [1.165, 1.54) is 6.07 Å². The number of ether oxygens (including phenoxy) is 1. The molecule has 6 nitrogen and oxygen atoms in total. The predicted octanol–water partition coefficient (Wildman–Crippen LogP) is 4.84. The maximum atomic E-state index is 14.2. The number of rotatable bonds is 6. The highest BCUT2D eigenvalue weighted by Gasteiger charge is 2.30. The molecule has 0 spiro atoms. The summed E-state index contributed by atoms with van der Waals surface area (Å²) in [7, 11) is 0.832. The van der Waals surface area contributed by atoms with Gasteiger partial charge in [0.1, 0.15) is 11.4 Å². The molecule has 1 amide bonds. The van der Waals surface area contributed by atoms with Gasteiger partial charge in [-0.05, 0) is 42.5 Å². The van der Waals surface area contributed by atoms with Gasteiger partial charge in [-0.3, -0.25) is 15.0 Å². The van der Waals surface area contributed by atoms with Gasteiger partial charge in [0.2, 0.25) is 11.6 Å². The van der Waals surface area contributed by atoms with Crippen molar-refractivity contribution in [1.29, 1.82) is 0 Å². The topological polar surface area (TPSA) is 56.8 Å². The molecule has 0 saturated carbocycles. The number of carbonyl (C=O) groups excluding carboxylic acids is 1. The number of thiocarbonyl (C=S) groups is 1. The van der Waals surface area contributed by atoms with Gasteiger partial charge in [-0.15, -0.1) is 0 Å². The van der Waals surface area contributed by atoms with Crippen LogP contribution in [0.15, 0.2) is 48.5 Å². The van der Waals surface area contributed by atoms with Gasteiger partial charge in [0.15, 0.2) is 22.5 Å². The number of anilines is 2. The molecule has 12 heteroatoms. The van der Waals surface area contributed by atoms with Crippen LogP contribution in [0.2, 0.25) is 0 Å². The number of methoxy groups -OCH3 is 1. The number of nitrogens with one attached hydrogen (secondary N) is 2. The SMILES string of the molecule is COc1c(F)c(F)c(C(=O)NC(=S)Nc2ccc(N3CCN(Cc4ccccc4F)CC3)cc2)c(F)c1F. The molecule has 1 aliphatic heterocycles. The molecular weight excluding hydrogens is 527 g/mol. The van der Waals surface area contributed by atoms with Crippen molar-refractivity contribution in [1.82, 2.24) is 10.2 Å². The number of nitrogens with zero attached hydrogens (tertiary/aromatic N) is 2. The van der Waals surface area contributed by atoms with Crippen LogP contribution in [0.1, 0.15) is 15.9 Å². The van der Waals surface area contributed by atoms with Crippen molar-refractivity contribution in [3.05, 3.63) is 88.7 Å². The van der Waals surface area contributed by atoms with Crippen molar-refractivity contribution >= 4 is 34.6 Å². The van der Waals surface area contributed by atoms with Gasteiger partial charge in [-0.1, -0.05) is 18.2 Å². The van der Waals surface area contributed by atoms with Crippen LogP contribution in [-0.4, -0.2) is 49.2 Å². The van der Waals surface area contributed by atoms with E-state index in [4.69, 9.17) is 12.2 Å². The first-order valence-corrected chi connectivity index (χ1v) is 11.9. The normalized spacial score (nSPS) is 13.8. The fourth-order valence-corrected chi connectivity index (χ4v) is 4.32. The first kappa shape index (κ1) is 27.3. The Hall–Kier alpha value is -3.77. The number of amides is 1. The lowest BCUT2D eigenvalue weighted by Crippen LogP contribution is -2.46.